The Labute approximate surface area is 148 Å². The maximum atomic E-state index is 4.50. The van der Waals surface area contributed by atoms with Gasteiger partial charge in [-0.05, 0) is 45.3 Å². The SMILES string of the molecule is Cc1cnc(C)c(NCC2=CC=C(CNc3nc(C)cnc3C)C2)n1. The number of nitrogens with zero attached hydrogens (tertiary/aromatic N) is 4. The van der Waals surface area contributed by atoms with E-state index in [1.165, 1.54) is 11.1 Å². The third-order valence-corrected chi connectivity index (χ3v) is 4.13. The lowest BCUT2D eigenvalue weighted by atomic mass is 10.1. The fraction of sp³-hybridized carbons (Fsp3) is 0.368. The van der Waals surface area contributed by atoms with Gasteiger partial charge in [0, 0.05) is 25.5 Å². The lowest BCUT2D eigenvalue weighted by molar-refractivity contribution is 0.995. The Bertz CT molecular complexity index is 768. The molecule has 2 N–H and O–H groups in total. The molecule has 0 spiro atoms. The molecule has 130 valence electrons. The van der Waals surface area contributed by atoms with Crippen molar-refractivity contribution in [3.05, 3.63) is 58.5 Å². The average Bonchev–Trinajstić information content (AvgIpc) is 3.04. The molecule has 0 aliphatic heterocycles. The third kappa shape index (κ3) is 4.41. The summed E-state index contributed by atoms with van der Waals surface area (Å²) in [6, 6.07) is 0. The fourth-order valence-corrected chi connectivity index (χ4v) is 2.69. The van der Waals surface area contributed by atoms with E-state index in [-0.39, 0.29) is 0 Å². The molecule has 25 heavy (non-hydrogen) atoms. The number of nitrogens with one attached hydrogen (secondary N) is 2. The zero-order chi connectivity index (χ0) is 17.8. The second-order valence-electron chi connectivity index (χ2n) is 6.42. The second kappa shape index (κ2) is 7.42. The van der Waals surface area contributed by atoms with Gasteiger partial charge in [-0.3, -0.25) is 9.97 Å². The minimum Gasteiger partial charge on any atom is -0.365 e. The molecule has 1 aliphatic rings. The molecule has 2 heterocycles. The molecule has 0 radical (unpaired) electrons. The van der Waals surface area contributed by atoms with E-state index in [4.69, 9.17) is 0 Å². The number of hydrogen-bond acceptors (Lipinski definition) is 6. The molecular weight excluding hydrogens is 312 g/mol. The normalized spacial score (nSPS) is 13.4. The standard InChI is InChI=1S/C19H24N6/c1-12-8-20-14(3)18(24-12)22-10-16-5-6-17(7-16)11-23-19-15(4)21-9-13(2)25-19/h5-6,8-9H,7,10-11H2,1-4H3,(H,22,24)(H,23,25). The highest BCUT2D eigenvalue weighted by atomic mass is 15.0. The van der Waals surface area contributed by atoms with Crippen LogP contribution in [0.15, 0.2) is 35.7 Å². The molecule has 0 aromatic carbocycles. The molecule has 0 saturated heterocycles. The van der Waals surface area contributed by atoms with E-state index in [2.05, 4.69) is 42.7 Å². The Hall–Kier alpha value is -2.76. The van der Waals surface area contributed by atoms with Crippen LogP contribution in [0.25, 0.3) is 0 Å². The monoisotopic (exact) mass is 336 g/mol. The molecule has 0 atom stereocenters. The number of hydrogen-bond donors (Lipinski definition) is 2. The van der Waals surface area contributed by atoms with Crippen molar-refractivity contribution in [2.75, 3.05) is 23.7 Å². The number of rotatable bonds is 6. The van der Waals surface area contributed by atoms with Gasteiger partial charge < -0.3 is 10.6 Å². The average molecular weight is 336 g/mol. The van der Waals surface area contributed by atoms with Gasteiger partial charge in [0.1, 0.15) is 11.6 Å². The van der Waals surface area contributed by atoms with Gasteiger partial charge in [-0.25, -0.2) is 9.97 Å². The Balaban J connectivity index is 1.49. The van der Waals surface area contributed by atoms with Gasteiger partial charge in [0.05, 0.1) is 22.8 Å². The summed E-state index contributed by atoms with van der Waals surface area (Å²) in [4.78, 5) is 17.7. The summed E-state index contributed by atoms with van der Waals surface area (Å²) in [6.45, 7) is 9.40. The predicted molar refractivity (Wildman–Crippen MR) is 101 cm³/mol. The summed E-state index contributed by atoms with van der Waals surface area (Å²) in [6.07, 6.45) is 8.89. The minimum absolute atomic E-state index is 0.780. The molecule has 1 aliphatic carbocycles. The molecule has 0 bridgehead atoms. The zero-order valence-electron chi connectivity index (χ0n) is 15.2. The predicted octanol–water partition coefficient (Wildman–Crippen LogP) is 3.28. The molecule has 0 unspecified atom stereocenters. The highest BCUT2D eigenvalue weighted by Gasteiger charge is 2.11. The van der Waals surface area contributed by atoms with Crippen LogP contribution in [-0.4, -0.2) is 33.0 Å². The van der Waals surface area contributed by atoms with Crippen molar-refractivity contribution in [1.29, 1.82) is 0 Å². The fourth-order valence-electron chi connectivity index (χ4n) is 2.69. The lowest BCUT2D eigenvalue weighted by Crippen LogP contribution is -2.11. The van der Waals surface area contributed by atoms with Crippen LogP contribution in [0, 0.1) is 27.7 Å². The van der Waals surface area contributed by atoms with E-state index in [1.54, 1.807) is 12.4 Å². The van der Waals surface area contributed by atoms with E-state index >= 15 is 0 Å². The first-order chi connectivity index (χ1) is 12.0. The van der Waals surface area contributed by atoms with Crippen LogP contribution in [-0.2, 0) is 0 Å². The third-order valence-electron chi connectivity index (χ3n) is 4.13. The number of aryl methyl sites for hydroxylation is 4. The van der Waals surface area contributed by atoms with Gasteiger partial charge in [0.25, 0.3) is 0 Å². The summed E-state index contributed by atoms with van der Waals surface area (Å²) in [5.41, 5.74) is 6.37. The molecule has 3 rings (SSSR count). The maximum Gasteiger partial charge on any atom is 0.148 e. The molecule has 0 saturated carbocycles. The van der Waals surface area contributed by atoms with E-state index in [0.717, 1.165) is 53.9 Å². The number of allylic oxidation sites excluding steroid dienone is 2. The van der Waals surface area contributed by atoms with Crippen LogP contribution in [0.4, 0.5) is 11.6 Å². The van der Waals surface area contributed by atoms with Crippen LogP contribution in [0.1, 0.15) is 29.2 Å². The lowest BCUT2D eigenvalue weighted by Gasteiger charge is -2.12. The summed E-state index contributed by atoms with van der Waals surface area (Å²) < 4.78 is 0. The largest absolute Gasteiger partial charge is 0.365 e. The van der Waals surface area contributed by atoms with Gasteiger partial charge in [0.2, 0.25) is 0 Å². The minimum atomic E-state index is 0.780. The first-order valence-corrected chi connectivity index (χ1v) is 8.47. The first-order valence-electron chi connectivity index (χ1n) is 8.47. The molecule has 6 heteroatoms. The van der Waals surface area contributed by atoms with Gasteiger partial charge in [-0.2, -0.15) is 0 Å². The van der Waals surface area contributed by atoms with E-state index in [9.17, 15) is 0 Å². The topological polar surface area (TPSA) is 75.6 Å². The van der Waals surface area contributed by atoms with Crippen molar-refractivity contribution in [1.82, 2.24) is 19.9 Å². The second-order valence-corrected chi connectivity index (χ2v) is 6.42. The summed E-state index contributed by atoms with van der Waals surface area (Å²) in [5, 5.41) is 6.78. The molecule has 0 fully saturated rings. The molecule has 0 amide bonds. The Kier molecular flexibility index (Phi) is 5.07. The van der Waals surface area contributed by atoms with Gasteiger partial charge in [-0.1, -0.05) is 12.2 Å². The van der Waals surface area contributed by atoms with E-state index in [0.29, 0.717) is 0 Å². The zero-order valence-corrected chi connectivity index (χ0v) is 15.2. The van der Waals surface area contributed by atoms with Crippen molar-refractivity contribution in [3.63, 3.8) is 0 Å². The smallest absolute Gasteiger partial charge is 0.148 e. The maximum absolute atomic E-state index is 4.50. The van der Waals surface area contributed by atoms with Crippen LogP contribution >= 0.6 is 0 Å². The van der Waals surface area contributed by atoms with Crippen molar-refractivity contribution in [3.8, 4) is 0 Å². The van der Waals surface area contributed by atoms with Crippen molar-refractivity contribution >= 4 is 11.6 Å². The Morgan fingerprint density at radius 3 is 1.64 bits per heavy atom. The van der Waals surface area contributed by atoms with Gasteiger partial charge in [-0.15, -0.1) is 0 Å². The number of aromatic nitrogens is 4. The summed E-state index contributed by atoms with van der Waals surface area (Å²) in [5.74, 6) is 1.72. The van der Waals surface area contributed by atoms with E-state index in [1.807, 2.05) is 27.7 Å². The molecular formula is C19H24N6. The Morgan fingerprint density at radius 1 is 0.760 bits per heavy atom. The van der Waals surface area contributed by atoms with Gasteiger partial charge in [0.15, 0.2) is 0 Å². The van der Waals surface area contributed by atoms with Crippen molar-refractivity contribution in [2.45, 2.75) is 34.1 Å². The summed E-state index contributed by atoms with van der Waals surface area (Å²) in [7, 11) is 0. The highest BCUT2D eigenvalue weighted by molar-refractivity contribution is 5.45. The highest BCUT2D eigenvalue weighted by Crippen LogP contribution is 2.21. The van der Waals surface area contributed by atoms with Crippen molar-refractivity contribution < 1.29 is 0 Å². The van der Waals surface area contributed by atoms with Crippen LogP contribution < -0.4 is 10.6 Å². The first kappa shape index (κ1) is 17.1. The van der Waals surface area contributed by atoms with Crippen LogP contribution in [0.2, 0.25) is 0 Å². The van der Waals surface area contributed by atoms with Crippen LogP contribution in [0.5, 0.6) is 0 Å². The van der Waals surface area contributed by atoms with Crippen molar-refractivity contribution in [2.24, 2.45) is 0 Å². The molecule has 2 aromatic heterocycles. The van der Waals surface area contributed by atoms with Gasteiger partial charge >= 0.3 is 0 Å². The molecule has 6 nitrogen and oxygen atoms in total. The van der Waals surface area contributed by atoms with E-state index < -0.39 is 0 Å². The number of anilines is 2. The quantitative estimate of drug-likeness (QED) is 0.843. The molecule has 2 aromatic rings. The van der Waals surface area contributed by atoms with Crippen LogP contribution in [0.3, 0.4) is 0 Å². The summed E-state index contributed by atoms with van der Waals surface area (Å²) >= 11 is 0. The Morgan fingerprint density at radius 2 is 1.20 bits per heavy atom.